The first-order valence-corrected chi connectivity index (χ1v) is 9.23. The van der Waals surface area contributed by atoms with E-state index in [4.69, 9.17) is 4.74 Å². The molecule has 2 heterocycles. The summed E-state index contributed by atoms with van der Waals surface area (Å²) in [6, 6.07) is 1.35. The fourth-order valence-corrected chi connectivity index (χ4v) is 3.84. The summed E-state index contributed by atoms with van der Waals surface area (Å²) in [5, 5.41) is 5.16. The Bertz CT molecular complexity index is 750. The molecule has 138 valence electrons. The van der Waals surface area contributed by atoms with Crippen LogP contribution in [0.3, 0.4) is 0 Å². The average Bonchev–Trinajstić information content (AvgIpc) is 3.01. The highest BCUT2D eigenvalue weighted by atomic mass is 32.2. The molecule has 0 atom stereocenters. The van der Waals surface area contributed by atoms with E-state index in [1.54, 1.807) is 7.05 Å². The maximum absolute atomic E-state index is 12.6. The molecule has 1 fully saturated rings. The molecule has 1 aromatic rings. The van der Waals surface area contributed by atoms with Crippen LogP contribution >= 0.6 is 0 Å². The highest BCUT2D eigenvalue weighted by molar-refractivity contribution is 7.89. The summed E-state index contributed by atoms with van der Waals surface area (Å²) < 4.78 is 33.2. The van der Waals surface area contributed by atoms with Gasteiger partial charge in [0.05, 0.1) is 13.2 Å². The molecule has 0 spiro atoms. The first-order chi connectivity index (χ1) is 11.9. The summed E-state index contributed by atoms with van der Waals surface area (Å²) >= 11 is 0. The number of hydrogen-bond donors (Lipinski definition) is 2. The molecular formula is C15H22N4O5S. The lowest BCUT2D eigenvalue weighted by molar-refractivity contribution is -0.116. The van der Waals surface area contributed by atoms with Gasteiger partial charge in [-0.05, 0) is 12.1 Å². The smallest absolute Gasteiger partial charge is 0.268 e. The number of aromatic nitrogens is 1. The Balaban J connectivity index is 2.02. The van der Waals surface area contributed by atoms with Gasteiger partial charge in [0.1, 0.15) is 10.6 Å². The predicted octanol–water partition coefficient (Wildman–Crippen LogP) is -0.922. The van der Waals surface area contributed by atoms with E-state index < -0.39 is 15.9 Å². The van der Waals surface area contributed by atoms with Crippen molar-refractivity contribution < 1.29 is 22.7 Å². The number of carbonyl (C=O) groups is 2. The van der Waals surface area contributed by atoms with E-state index >= 15 is 0 Å². The Morgan fingerprint density at radius 2 is 1.92 bits per heavy atom. The Morgan fingerprint density at radius 1 is 1.28 bits per heavy atom. The normalized spacial score (nSPS) is 15.6. The Kier molecular flexibility index (Phi) is 6.34. The maximum atomic E-state index is 12.6. The Hall–Kier alpha value is -2.17. The van der Waals surface area contributed by atoms with Crippen LogP contribution in [0.15, 0.2) is 29.8 Å². The summed E-state index contributed by atoms with van der Waals surface area (Å²) in [4.78, 5) is 23.3. The van der Waals surface area contributed by atoms with Gasteiger partial charge >= 0.3 is 0 Å². The second-order valence-corrected chi connectivity index (χ2v) is 7.38. The third kappa shape index (κ3) is 4.68. The van der Waals surface area contributed by atoms with E-state index in [1.165, 1.54) is 21.1 Å². The highest BCUT2D eigenvalue weighted by Crippen LogP contribution is 2.19. The summed E-state index contributed by atoms with van der Waals surface area (Å²) in [5.41, 5.74) is 0.224. The minimum atomic E-state index is -3.65. The van der Waals surface area contributed by atoms with Crippen molar-refractivity contribution in [2.75, 3.05) is 39.4 Å². The van der Waals surface area contributed by atoms with Gasteiger partial charge in [-0.3, -0.25) is 9.59 Å². The van der Waals surface area contributed by atoms with Crippen molar-refractivity contribution in [3.8, 4) is 0 Å². The Labute approximate surface area is 146 Å². The summed E-state index contributed by atoms with van der Waals surface area (Å²) in [6.07, 6.45) is 2.56. The van der Waals surface area contributed by atoms with E-state index in [1.807, 2.05) is 0 Å². The van der Waals surface area contributed by atoms with E-state index in [-0.39, 0.29) is 29.6 Å². The van der Waals surface area contributed by atoms with Crippen molar-refractivity contribution in [3.63, 3.8) is 0 Å². The van der Waals surface area contributed by atoms with Crippen molar-refractivity contribution in [1.82, 2.24) is 19.5 Å². The molecule has 0 aromatic carbocycles. The van der Waals surface area contributed by atoms with Crippen LogP contribution in [0, 0.1) is 0 Å². The number of aryl methyl sites for hydroxylation is 1. The number of sulfonamides is 1. The van der Waals surface area contributed by atoms with Gasteiger partial charge in [-0.25, -0.2) is 8.42 Å². The molecule has 0 bridgehead atoms. The minimum Gasteiger partial charge on any atom is -0.379 e. The lowest BCUT2D eigenvalue weighted by Crippen LogP contribution is -2.40. The van der Waals surface area contributed by atoms with Crippen molar-refractivity contribution in [2.45, 2.75) is 4.90 Å². The SMILES string of the molecule is C=CC(=O)NCCNC(=O)c1cc(S(=O)(=O)N2CCOCC2)cn1C. The fourth-order valence-electron chi connectivity index (χ4n) is 2.36. The first-order valence-electron chi connectivity index (χ1n) is 7.79. The van der Waals surface area contributed by atoms with Gasteiger partial charge < -0.3 is 19.9 Å². The standard InChI is InChI=1S/C15H22N4O5S/c1-3-14(20)16-4-5-17-15(21)13-10-12(11-18(13)2)25(22,23)19-6-8-24-9-7-19/h3,10-11H,1,4-9H2,2H3,(H,16,20)(H,17,21). The van der Waals surface area contributed by atoms with Crippen molar-refractivity contribution >= 4 is 21.8 Å². The van der Waals surface area contributed by atoms with Crippen molar-refractivity contribution in [2.24, 2.45) is 7.05 Å². The van der Waals surface area contributed by atoms with Crippen LogP contribution in [0.1, 0.15) is 10.5 Å². The summed E-state index contributed by atoms with van der Waals surface area (Å²) in [5.74, 6) is -0.745. The molecular weight excluding hydrogens is 348 g/mol. The van der Waals surface area contributed by atoms with Gasteiger partial charge in [-0.2, -0.15) is 4.31 Å². The van der Waals surface area contributed by atoms with E-state index in [2.05, 4.69) is 17.2 Å². The monoisotopic (exact) mass is 370 g/mol. The molecule has 9 nitrogen and oxygen atoms in total. The number of ether oxygens (including phenoxy) is 1. The number of carbonyl (C=O) groups excluding carboxylic acids is 2. The van der Waals surface area contributed by atoms with Gasteiger partial charge in [0.15, 0.2) is 0 Å². The van der Waals surface area contributed by atoms with E-state index in [9.17, 15) is 18.0 Å². The zero-order valence-electron chi connectivity index (χ0n) is 14.0. The molecule has 0 radical (unpaired) electrons. The Morgan fingerprint density at radius 3 is 2.56 bits per heavy atom. The van der Waals surface area contributed by atoms with Crippen LogP contribution in [0.2, 0.25) is 0 Å². The van der Waals surface area contributed by atoms with Gasteiger partial charge in [0.2, 0.25) is 15.9 Å². The molecule has 2 N–H and O–H groups in total. The lowest BCUT2D eigenvalue weighted by Gasteiger charge is -2.25. The fraction of sp³-hybridized carbons (Fsp3) is 0.467. The van der Waals surface area contributed by atoms with Crippen LogP contribution in [0.4, 0.5) is 0 Å². The molecule has 10 heteroatoms. The second kappa shape index (κ2) is 8.28. The number of nitrogens with one attached hydrogen (secondary N) is 2. The maximum Gasteiger partial charge on any atom is 0.268 e. The molecule has 0 saturated carbocycles. The van der Waals surface area contributed by atoms with Crippen molar-refractivity contribution in [1.29, 1.82) is 0 Å². The molecule has 25 heavy (non-hydrogen) atoms. The van der Waals surface area contributed by atoms with Gasteiger partial charge in [-0.1, -0.05) is 6.58 Å². The highest BCUT2D eigenvalue weighted by Gasteiger charge is 2.28. The van der Waals surface area contributed by atoms with Crippen LogP contribution in [-0.2, 0) is 26.6 Å². The lowest BCUT2D eigenvalue weighted by atomic mass is 10.4. The molecule has 1 saturated heterocycles. The number of hydrogen-bond acceptors (Lipinski definition) is 5. The molecule has 1 aliphatic rings. The average molecular weight is 370 g/mol. The topological polar surface area (TPSA) is 110 Å². The molecule has 2 rings (SSSR count). The van der Waals surface area contributed by atoms with Crippen molar-refractivity contribution in [3.05, 3.63) is 30.6 Å². The zero-order chi connectivity index (χ0) is 18.4. The van der Waals surface area contributed by atoms with E-state index in [0.717, 1.165) is 6.08 Å². The number of amides is 2. The van der Waals surface area contributed by atoms with Gasteiger partial charge in [0.25, 0.3) is 5.91 Å². The first kappa shape index (κ1) is 19.2. The zero-order valence-corrected chi connectivity index (χ0v) is 14.8. The molecule has 2 amide bonds. The predicted molar refractivity (Wildman–Crippen MR) is 90.5 cm³/mol. The minimum absolute atomic E-state index is 0.0713. The molecule has 1 aliphatic heterocycles. The third-order valence-electron chi connectivity index (χ3n) is 3.72. The largest absolute Gasteiger partial charge is 0.379 e. The van der Waals surface area contributed by atoms with Crippen LogP contribution in [-0.4, -0.2) is 68.5 Å². The third-order valence-corrected chi connectivity index (χ3v) is 5.58. The van der Waals surface area contributed by atoms with Gasteiger partial charge in [0, 0.05) is 39.4 Å². The van der Waals surface area contributed by atoms with Crippen LogP contribution < -0.4 is 10.6 Å². The molecule has 0 aliphatic carbocycles. The number of morpholine rings is 1. The molecule has 0 unspecified atom stereocenters. The van der Waals surface area contributed by atoms with E-state index in [0.29, 0.717) is 26.3 Å². The van der Waals surface area contributed by atoms with Gasteiger partial charge in [-0.15, -0.1) is 0 Å². The number of nitrogens with zero attached hydrogens (tertiary/aromatic N) is 2. The van der Waals surface area contributed by atoms with Crippen LogP contribution in [0.25, 0.3) is 0 Å². The summed E-state index contributed by atoms with van der Waals surface area (Å²) in [6.45, 7) is 5.09. The van der Waals surface area contributed by atoms with Crippen LogP contribution in [0.5, 0.6) is 0 Å². The summed E-state index contributed by atoms with van der Waals surface area (Å²) in [7, 11) is -2.05. The number of rotatable bonds is 7. The molecule has 1 aromatic heterocycles. The second-order valence-electron chi connectivity index (χ2n) is 5.44. The quantitative estimate of drug-likeness (QED) is 0.476.